The molecule has 1 N–H and O–H groups in total. The van der Waals surface area contributed by atoms with Crippen LogP contribution >= 0.6 is 0 Å². The van der Waals surface area contributed by atoms with E-state index in [1.165, 1.54) is 25.1 Å². The Kier molecular flexibility index (Phi) is 4.97. The van der Waals surface area contributed by atoms with E-state index in [1.807, 2.05) is 0 Å². The summed E-state index contributed by atoms with van der Waals surface area (Å²) in [6.45, 7) is 3.16. The Hall–Kier alpha value is -2.05. The Labute approximate surface area is 132 Å². The number of para-hydroxylation sites is 1. The number of halogens is 3. The maximum atomic E-state index is 12.4. The van der Waals surface area contributed by atoms with E-state index in [4.69, 9.17) is 0 Å². The van der Waals surface area contributed by atoms with E-state index in [2.05, 4.69) is 10.1 Å². The van der Waals surface area contributed by atoms with Gasteiger partial charge < -0.3 is 10.1 Å². The predicted molar refractivity (Wildman–Crippen MR) is 76.9 cm³/mol. The number of hydrogen-bond donors (Lipinski definition) is 1. The van der Waals surface area contributed by atoms with Crippen molar-refractivity contribution in [2.24, 2.45) is 5.92 Å². The molecule has 2 rings (SSSR count). The van der Waals surface area contributed by atoms with Crippen molar-refractivity contribution >= 4 is 11.7 Å². The van der Waals surface area contributed by atoms with Crippen LogP contribution in [0.25, 0.3) is 0 Å². The molecule has 23 heavy (non-hydrogen) atoms. The standard InChI is InChI=1S/C16H18F3NO3/c1-9(7-10(2)21)20-15(22)13-8-12(13)11-5-3-4-6-14(11)23-16(17,18)19/h3-6,9,12-13H,7-8H2,1-2H3,(H,20,22)/t9-,12+,13+/m0/s1. The van der Waals surface area contributed by atoms with Gasteiger partial charge in [-0.1, -0.05) is 18.2 Å². The lowest BCUT2D eigenvalue weighted by atomic mass is 10.1. The number of benzene rings is 1. The molecule has 0 radical (unpaired) electrons. The SMILES string of the molecule is CC(=O)C[C@H](C)NC(=O)[C@@H]1C[C@@H]1c1ccccc1OC(F)(F)F. The van der Waals surface area contributed by atoms with Gasteiger partial charge in [-0.05, 0) is 37.8 Å². The highest BCUT2D eigenvalue weighted by Gasteiger charge is 2.46. The molecular formula is C16H18F3NO3. The van der Waals surface area contributed by atoms with E-state index >= 15 is 0 Å². The zero-order valence-corrected chi connectivity index (χ0v) is 12.8. The summed E-state index contributed by atoms with van der Waals surface area (Å²) in [4.78, 5) is 23.1. The van der Waals surface area contributed by atoms with Crippen molar-refractivity contribution in [2.45, 2.75) is 45.0 Å². The molecule has 1 fully saturated rings. The van der Waals surface area contributed by atoms with Crippen molar-refractivity contribution in [2.75, 3.05) is 0 Å². The highest BCUT2D eigenvalue weighted by atomic mass is 19.4. The van der Waals surface area contributed by atoms with Crippen LogP contribution in [0.2, 0.25) is 0 Å². The number of amides is 1. The van der Waals surface area contributed by atoms with Crippen LogP contribution in [0.3, 0.4) is 0 Å². The monoisotopic (exact) mass is 329 g/mol. The van der Waals surface area contributed by atoms with E-state index in [0.717, 1.165) is 0 Å². The number of hydrogen-bond acceptors (Lipinski definition) is 3. The Morgan fingerprint density at radius 3 is 2.61 bits per heavy atom. The Morgan fingerprint density at radius 2 is 2.00 bits per heavy atom. The fraction of sp³-hybridized carbons (Fsp3) is 0.500. The molecule has 0 aromatic heterocycles. The highest BCUT2D eigenvalue weighted by Crippen LogP contribution is 2.51. The second-order valence-corrected chi connectivity index (χ2v) is 5.85. The molecule has 4 nitrogen and oxygen atoms in total. The average molecular weight is 329 g/mol. The number of carbonyl (C=O) groups excluding carboxylic acids is 2. The third-order valence-electron chi connectivity index (χ3n) is 3.65. The first-order valence-electron chi connectivity index (χ1n) is 7.32. The number of Topliss-reactive ketones (excluding diaryl/α,β-unsaturated/α-hetero) is 1. The summed E-state index contributed by atoms with van der Waals surface area (Å²) in [6, 6.07) is 5.57. The number of carbonyl (C=O) groups is 2. The van der Waals surface area contributed by atoms with Crippen LogP contribution in [0.15, 0.2) is 24.3 Å². The van der Waals surface area contributed by atoms with Crippen LogP contribution < -0.4 is 10.1 Å². The molecule has 0 unspecified atom stereocenters. The Balaban J connectivity index is 2.01. The highest BCUT2D eigenvalue weighted by molar-refractivity contribution is 5.84. The van der Waals surface area contributed by atoms with Crippen molar-refractivity contribution in [3.63, 3.8) is 0 Å². The summed E-state index contributed by atoms with van der Waals surface area (Å²) < 4.78 is 41.3. The summed E-state index contributed by atoms with van der Waals surface area (Å²) in [5.74, 6) is -1.22. The topological polar surface area (TPSA) is 55.4 Å². The molecule has 7 heteroatoms. The summed E-state index contributed by atoms with van der Waals surface area (Å²) >= 11 is 0. The van der Waals surface area contributed by atoms with Crippen LogP contribution in [0, 0.1) is 5.92 Å². The Morgan fingerprint density at radius 1 is 1.35 bits per heavy atom. The minimum atomic E-state index is -4.77. The zero-order valence-electron chi connectivity index (χ0n) is 12.8. The van der Waals surface area contributed by atoms with E-state index in [1.54, 1.807) is 13.0 Å². The van der Waals surface area contributed by atoms with Gasteiger partial charge in [0.15, 0.2) is 0 Å². The third kappa shape index (κ3) is 4.97. The summed E-state index contributed by atoms with van der Waals surface area (Å²) in [5.41, 5.74) is 0.379. The van der Waals surface area contributed by atoms with E-state index in [0.29, 0.717) is 12.0 Å². The average Bonchev–Trinajstić information content (AvgIpc) is 3.16. The number of alkyl halides is 3. The second kappa shape index (κ2) is 6.60. The van der Waals surface area contributed by atoms with Gasteiger partial charge >= 0.3 is 6.36 Å². The van der Waals surface area contributed by atoms with Crippen LogP contribution in [0.5, 0.6) is 5.75 Å². The van der Waals surface area contributed by atoms with Crippen molar-refractivity contribution in [3.8, 4) is 5.75 Å². The quantitative estimate of drug-likeness (QED) is 0.872. The van der Waals surface area contributed by atoms with Crippen LogP contribution in [0.1, 0.15) is 38.2 Å². The zero-order chi connectivity index (χ0) is 17.2. The van der Waals surface area contributed by atoms with E-state index in [9.17, 15) is 22.8 Å². The predicted octanol–water partition coefficient (Wildman–Crippen LogP) is 3.17. The molecule has 0 spiro atoms. The first kappa shape index (κ1) is 17.3. The van der Waals surface area contributed by atoms with Gasteiger partial charge in [0.25, 0.3) is 0 Å². The molecule has 3 atom stereocenters. The number of ether oxygens (including phenoxy) is 1. The summed E-state index contributed by atoms with van der Waals surface area (Å²) in [5, 5.41) is 2.72. The van der Waals surface area contributed by atoms with Gasteiger partial charge in [0.2, 0.25) is 5.91 Å². The first-order chi connectivity index (χ1) is 10.7. The van der Waals surface area contributed by atoms with E-state index in [-0.39, 0.29) is 41.7 Å². The van der Waals surface area contributed by atoms with Crippen LogP contribution in [0.4, 0.5) is 13.2 Å². The van der Waals surface area contributed by atoms with E-state index < -0.39 is 6.36 Å². The molecule has 0 aliphatic heterocycles. The molecule has 0 bridgehead atoms. The van der Waals surface area contributed by atoms with Crippen molar-refractivity contribution in [1.82, 2.24) is 5.32 Å². The largest absolute Gasteiger partial charge is 0.573 e. The molecular weight excluding hydrogens is 311 g/mol. The number of ketones is 1. The smallest absolute Gasteiger partial charge is 0.405 e. The lowest BCUT2D eigenvalue weighted by Crippen LogP contribution is -2.35. The molecule has 126 valence electrons. The van der Waals surface area contributed by atoms with Gasteiger partial charge in [-0.25, -0.2) is 0 Å². The van der Waals surface area contributed by atoms with Crippen molar-refractivity contribution in [1.29, 1.82) is 0 Å². The fourth-order valence-electron chi connectivity index (χ4n) is 2.67. The molecule has 1 aromatic rings. The maximum Gasteiger partial charge on any atom is 0.573 e. The van der Waals surface area contributed by atoms with Gasteiger partial charge in [-0.15, -0.1) is 13.2 Å². The summed E-state index contributed by atoms with van der Waals surface area (Å²) in [6.07, 6.45) is -4.06. The number of nitrogens with one attached hydrogen (secondary N) is 1. The number of rotatable bonds is 6. The van der Waals surface area contributed by atoms with Crippen molar-refractivity contribution in [3.05, 3.63) is 29.8 Å². The molecule has 1 aliphatic carbocycles. The molecule has 0 saturated heterocycles. The third-order valence-corrected chi connectivity index (χ3v) is 3.65. The molecule has 1 aliphatic rings. The fourth-order valence-corrected chi connectivity index (χ4v) is 2.67. The lowest BCUT2D eigenvalue weighted by molar-refractivity contribution is -0.274. The van der Waals surface area contributed by atoms with Gasteiger partial charge in [0.1, 0.15) is 11.5 Å². The van der Waals surface area contributed by atoms with Crippen LogP contribution in [-0.2, 0) is 9.59 Å². The van der Waals surface area contributed by atoms with Gasteiger partial charge in [-0.3, -0.25) is 9.59 Å². The van der Waals surface area contributed by atoms with Crippen molar-refractivity contribution < 1.29 is 27.5 Å². The first-order valence-corrected chi connectivity index (χ1v) is 7.32. The second-order valence-electron chi connectivity index (χ2n) is 5.85. The minimum absolute atomic E-state index is 0.0333. The Bertz CT molecular complexity index is 600. The van der Waals surface area contributed by atoms with Crippen LogP contribution in [-0.4, -0.2) is 24.1 Å². The minimum Gasteiger partial charge on any atom is -0.405 e. The molecule has 0 heterocycles. The molecule has 1 amide bonds. The maximum absolute atomic E-state index is 12.4. The van der Waals surface area contributed by atoms with Gasteiger partial charge in [-0.2, -0.15) is 0 Å². The normalized spacial score (nSPS) is 21.4. The lowest BCUT2D eigenvalue weighted by Gasteiger charge is -2.14. The van der Waals surface area contributed by atoms with Gasteiger partial charge in [0.05, 0.1) is 0 Å². The molecule has 1 aromatic carbocycles. The van der Waals surface area contributed by atoms with Gasteiger partial charge in [0, 0.05) is 18.4 Å². The molecule has 1 saturated carbocycles. The summed E-state index contributed by atoms with van der Waals surface area (Å²) in [7, 11) is 0.